The van der Waals surface area contributed by atoms with Crippen LogP contribution in [-0.4, -0.2) is 11.7 Å². The lowest BCUT2D eigenvalue weighted by atomic mass is 9.60. The number of hydrogen-bond donors (Lipinski definition) is 2. The molecule has 7 heteroatoms. The standard InChI is InChI=1S/C26H23FN4O2/c1-14-5-4-6-16(9-14)31-20-11-25(2,3)12-21(32)22(20)26(18(13-28)23(31)29)17-10-15(27)7-8-19(17)30-24(26)33/h4-10H,11-12,29H2,1-3H3,(H,30,33)/t26-/m0/s1. The molecular weight excluding hydrogens is 419 g/mol. The molecule has 5 rings (SSSR count). The number of anilines is 2. The molecule has 2 heterocycles. The number of fused-ring (bicyclic) bond motifs is 3. The van der Waals surface area contributed by atoms with Crippen LogP contribution in [0.2, 0.25) is 0 Å². The fourth-order valence-corrected chi connectivity index (χ4v) is 5.45. The topological polar surface area (TPSA) is 99.2 Å². The Morgan fingerprint density at radius 3 is 2.61 bits per heavy atom. The number of nitrogens with zero attached hydrogens (tertiary/aromatic N) is 2. The first-order valence-electron chi connectivity index (χ1n) is 10.8. The van der Waals surface area contributed by atoms with Crippen molar-refractivity contribution >= 4 is 23.1 Å². The summed E-state index contributed by atoms with van der Waals surface area (Å²) in [6.45, 7) is 5.91. The molecular formula is C26H23FN4O2. The van der Waals surface area contributed by atoms with Gasteiger partial charge in [0, 0.05) is 34.6 Å². The number of hydrogen-bond acceptors (Lipinski definition) is 5. The highest BCUT2D eigenvalue weighted by molar-refractivity contribution is 6.20. The second-order valence-corrected chi connectivity index (χ2v) is 9.70. The van der Waals surface area contributed by atoms with Gasteiger partial charge in [0.05, 0.1) is 5.57 Å². The summed E-state index contributed by atoms with van der Waals surface area (Å²) in [6, 6.07) is 13.6. The van der Waals surface area contributed by atoms with Crippen molar-refractivity contribution in [3.8, 4) is 6.07 Å². The first-order valence-corrected chi connectivity index (χ1v) is 10.8. The smallest absolute Gasteiger partial charge is 0.245 e. The number of ketones is 1. The average Bonchev–Trinajstić information content (AvgIpc) is 2.99. The highest BCUT2D eigenvalue weighted by Crippen LogP contribution is 2.57. The molecule has 2 aliphatic heterocycles. The Morgan fingerprint density at radius 2 is 1.91 bits per heavy atom. The van der Waals surface area contributed by atoms with Crippen LogP contribution in [0.25, 0.3) is 0 Å². The van der Waals surface area contributed by atoms with E-state index < -0.39 is 17.1 Å². The normalized spacial score (nSPS) is 23.4. The summed E-state index contributed by atoms with van der Waals surface area (Å²) in [5.41, 5.74) is 7.47. The van der Waals surface area contributed by atoms with E-state index in [1.54, 1.807) is 4.90 Å². The van der Waals surface area contributed by atoms with E-state index in [4.69, 9.17) is 5.73 Å². The number of halogens is 1. The minimum Gasteiger partial charge on any atom is -0.384 e. The zero-order valence-electron chi connectivity index (χ0n) is 18.6. The Morgan fingerprint density at radius 1 is 1.15 bits per heavy atom. The number of allylic oxidation sites excluding steroid dienone is 1. The predicted molar refractivity (Wildman–Crippen MR) is 122 cm³/mol. The third-order valence-electron chi connectivity index (χ3n) is 6.72. The number of carbonyl (C=O) groups excluding carboxylic acids is 2. The molecule has 2 aromatic rings. The molecule has 33 heavy (non-hydrogen) atoms. The van der Waals surface area contributed by atoms with E-state index in [0.717, 1.165) is 5.56 Å². The number of nitrogens with one attached hydrogen (secondary N) is 1. The highest BCUT2D eigenvalue weighted by Gasteiger charge is 2.61. The Bertz CT molecular complexity index is 1360. The minimum absolute atomic E-state index is 0.0691. The summed E-state index contributed by atoms with van der Waals surface area (Å²) >= 11 is 0. The fraction of sp³-hybridized carbons (Fsp3) is 0.269. The number of nitriles is 1. The van der Waals surface area contributed by atoms with E-state index in [0.29, 0.717) is 23.5 Å². The quantitative estimate of drug-likeness (QED) is 0.690. The van der Waals surface area contributed by atoms with E-state index in [-0.39, 0.29) is 40.1 Å². The molecule has 0 bridgehead atoms. The van der Waals surface area contributed by atoms with Crippen LogP contribution in [-0.2, 0) is 15.0 Å². The van der Waals surface area contributed by atoms with Gasteiger partial charge in [-0.2, -0.15) is 5.26 Å². The van der Waals surface area contributed by atoms with Crippen LogP contribution in [0.4, 0.5) is 15.8 Å². The van der Waals surface area contributed by atoms with Gasteiger partial charge in [0.25, 0.3) is 0 Å². The van der Waals surface area contributed by atoms with Crippen LogP contribution in [0, 0.1) is 29.5 Å². The van der Waals surface area contributed by atoms with Crippen LogP contribution in [0.5, 0.6) is 0 Å². The molecule has 1 atom stereocenters. The lowest BCUT2D eigenvalue weighted by molar-refractivity contribution is -0.123. The number of amides is 1. The van der Waals surface area contributed by atoms with Gasteiger partial charge >= 0.3 is 0 Å². The lowest BCUT2D eigenvalue weighted by Crippen LogP contribution is -2.52. The molecule has 0 radical (unpaired) electrons. The van der Waals surface area contributed by atoms with Gasteiger partial charge in [-0.3, -0.25) is 14.5 Å². The molecule has 0 saturated carbocycles. The van der Waals surface area contributed by atoms with Gasteiger partial charge in [0.1, 0.15) is 23.1 Å². The third kappa shape index (κ3) is 2.77. The first-order chi connectivity index (χ1) is 15.6. The average molecular weight is 442 g/mol. The van der Waals surface area contributed by atoms with Crippen LogP contribution < -0.4 is 16.0 Å². The Hall–Kier alpha value is -3.92. The van der Waals surface area contributed by atoms with Crippen LogP contribution in [0.3, 0.4) is 0 Å². The van der Waals surface area contributed by atoms with Crippen LogP contribution in [0.15, 0.2) is 65.1 Å². The zero-order valence-corrected chi connectivity index (χ0v) is 18.6. The summed E-state index contributed by atoms with van der Waals surface area (Å²) in [5, 5.41) is 13.0. The Balaban J connectivity index is 1.92. The number of nitrogens with two attached hydrogens (primary N) is 1. The monoisotopic (exact) mass is 442 g/mol. The highest BCUT2D eigenvalue weighted by atomic mass is 19.1. The molecule has 1 aliphatic carbocycles. The zero-order chi connectivity index (χ0) is 23.7. The SMILES string of the molecule is Cc1cccc(N2C(N)=C(C#N)[C@]3(C(=O)Nc4ccc(F)cc43)C3=C2CC(C)(C)CC3=O)c1. The summed E-state index contributed by atoms with van der Waals surface area (Å²) in [6.07, 6.45) is 0.660. The summed E-state index contributed by atoms with van der Waals surface area (Å²) in [7, 11) is 0. The predicted octanol–water partition coefficient (Wildman–Crippen LogP) is 4.18. The van der Waals surface area contributed by atoms with Gasteiger partial charge in [0.2, 0.25) is 5.91 Å². The molecule has 0 saturated heterocycles. The minimum atomic E-state index is -1.78. The maximum absolute atomic E-state index is 14.4. The largest absolute Gasteiger partial charge is 0.384 e. The summed E-state index contributed by atoms with van der Waals surface area (Å²) in [5.74, 6) is -1.30. The van der Waals surface area contributed by atoms with Gasteiger partial charge in [-0.15, -0.1) is 0 Å². The molecule has 1 spiro atoms. The molecule has 3 aliphatic rings. The van der Waals surface area contributed by atoms with Gasteiger partial charge in [0.15, 0.2) is 5.78 Å². The van der Waals surface area contributed by atoms with Gasteiger partial charge in [-0.05, 0) is 54.7 Å². The first kappa shape index (κ1) is 21.0. The van der Waals surface area contributed by atoms with Crippen molar-refractivity contribution in [2.75, 3.05) is 10.2 Å². The van der Waals surface area contributed by atoms with Gasteiger partial charge in [-0.25, -0.2) is 4.39 Å². The molecule has 0 unspecified atom stereocenters. The van der Waals surface area contributed by atoms with Crippen molar-refractivity contribution in [3.63, 3.8) is 0 Å². The maximum atomic E-state index is 14.4. The van der Waals surface area contributed by atoms with Crippen molar-refractivity contribution in [2.24, 2.45) is 11.1 Å². The van der Waals surface area contributed by atoms with E-state index in [1.807, 2.05) is 45.0 Å². The lowest BCUT2D eigenvalue weighted by Gasteiger charge is -2.46. The summed E-state index contributed by atoms with van der Waals surface area (Å²) in [4.78, 5) is 29.1. The van der Waals surface area contributed by atoms with Crippen molar-refractivity contribution < 1.29 is 14.0 Å². The van der Waals surface area contributed by atoms with E-state index >= 15 is 0 Å². The number of carbonyl (C=O) groups is 2. The second kappa shape index (κ2) is 6.79. The van der Waals surface area contributed by atoms with Crippen molar-refractivity contribution in [2.45, 2.75) is 39.0 Å². The van der Waals surface area contributed by atoms with Crippen molar-refractivity contribution in [3.05, 3.63) is 82.1 Å². The molecule has 166 valence electrons. The van der Waals surface area contributed by atoms with E-state index in [1.165, 1.54) is 18.2 Å². The number of Topliss-reactive ketones (excluding diaryl/α,β-unsaturated/α-hetero) is 1. The van der Waals surface area contributed by atoms with Gasteiger partial charge < -0.3 is 11.1 Å². The fourth-order valence-electron chi connectivity index (χ4n) is 5.45. The van der Waals surface area contributed by atoms with E-state index in [2.05, 4.69) is 11.4 Å². The number of benzene rings is 2. The van der Waals surface area contributed by atoms with E-state index in [9.17, 15) is 19.2 Å². The Labute approximate surface area is 191 Å². The second-order valence-electron chi connectivity index (χ2n) is 9.70. The van der Waals surface area contributed by atoms with Crippen molar-refractivity contribution in [1.29, 1.82) is 5.26 Å². The number of aryl methyl sites for hydroxylation is 1. The van der Waals surface area contributed by atoms with Crippen molar-refractivity contribution in [1.82, 2.24) is 0 Å². The Kier molecular flexibility index (Phi) is 4.31. The number of rotatable bonds is 1. The maximum Gasteiger partial charge on any atom is 0.245 e. The molecule has 1 amide bonds. The molecule has 3 N–H and O–H groups in total. The molecule has 2 aromatic carbocycles. The third-order valence-corrected chi connectivity index (χ3v) is 6.72. The van der Waals surface area contributed by atoms with Gasteiger partial charge in [-0.1, -0.05) is 26.0 Å². The molecule has 0 aromatic heterocycles. The summed E-state index contributed by atoms with van der Waals surface area (Å²) < 4.78 is 14.4. The van der Waals surface area contributed by atoms with Crippen LogP contribution in [0.1, 0.15) is 37.8 Å². The molecule has 0 fully saturated rings. The molecule has 6 nitrogen and oxygen atoms in total. The van der Waals surface area contributed by atoms with Crippen LogP contribution >= 0.6 is 0 Å².